The van der Waals surface area contributed by atoms with Gasteiger partial charge in [-0.25, -0.2) is 0 Å². The van der Waals surface area contributed by atoms with E-state index in [4.69, 9.17) is 5.26 Å². The summed E-state index contributed by atoms with van der Waals surface area (Å²) in [6.45, 7) is 7.39. The predicted octanol–water partition coefficient (Wildman–Crippen LogP) is 4.42. The van der Waals surface area contributed by atoms with Gasteiger partial charge in [-0.2, -0.15) is 5.26 Å². The molecule has 0 radical (unpaired) electrons. The van der Waals surface area contributed by atoms with Crippen molar-refractivity contribution < 1.29 is 0 Å². The standard InChI is InChI=1S/C13H15N3.C11H10N2/c1-10-8-16(9-13-14-6-7-15-13)12-5-3-2-4-11(10)12;1-9-8-13(7-6-12)11-5-3-2-4-10(9)11/h2-5,8H,6-7,9H2,1H3,(H,14,15);2-5,8H,7H2,1H3. The summed E-state index contributed by atoms with van der Waals surface area (Å²) in [5.41, 5.74) is 4.98. The van der Waals surface area contributed by atoms with Gasteiger partial charge in [0.05, 0.1) is 19.2 Å². The SMILES string of the molecule is Cc1cn(CC#N)c2ccccc12.Cc1cn(CC2=NCCN2)c2ccccc12. The van der Waals surface area contributed by atoms with E-state index in [-0.39, 0.29) is 0 Å². The monoisotopic (exact) mass is 383 g/mol. The van der Waals surface area contributed by atoms with Crippen molar-refractivity contribution in [1.29, 1.82) is 5.26 Å². The van der Waals surface area contributed by atoms with Crippen LogP contribution in [0.5, 0.6) is 0 Å². The summed E-state index contributed by atoms with van der Waals surface area (Å²) in [6, 6.07) is 18.8. The number of aromatic nitrogens is 2. The summed E-state index contributed by atoms with van der Waals surface area (Å²) in [5, 5.41) is 14.5. The topological polar surface area (TPSA) is 58.0 Å². The zero-order valence-electron chi connectivity index (χ0n) is 16.9. The fourth-order valence-electron chi connectivity index (χ4n) is 3.91. The van der Waals surface area contributed by atoms with Crippen LogP contribution < -0.4 is 5.32 Å². The van der Waals surface area contributed by atoms with Crippen molar-refractivity contribution in [3.63, 3.8) is 0 Å². The number of rotatable bonds is 3. The van der Waals surface area contributed by atoms with E-state index in [2.05, 4.69) is 71.3 Å². The third-order valence-electron chi connectivity index (χ3n) is 5.28. The van der Waals surface area contributed by atoms with Crippen molar-refractivity contribution >= 4 is 27.6 Å². The third kappa shape index (κ3) is 3.88. The lowest BCUT2D eigenvalue weighted by Crippen LogP contribution is -2.23. The molecule has 3 heterocycles. The molecule has 5 heteroatoms. The number of hydrogen-bond acceptors (Lipinski definition) is 3. The number of fused-ring (bicyclic) bond motifs is 2. The number of aliphatic imine (C=N–C) groups is 1. The summed E-state index contributed by atoms with van der Waals surface area (Å²) in [5.74, 6) is 1.10. The molecule has 2 aromatic heterocycles. The Labute approximate surface area is 170 Å². The maximum absolute atomic E-state index is 8.62. The number of nitriles is 1. The lowest BCUT2D eigenvalue weighted by Gasteiger charge is -2.05. The largest absolute Gasteiger partial charge is 0.370 e. The van der Waals surface area contributed by atoms with Gasteiger partial charge in [0.15, 0.2) is 0 Å². The highest BCUT2D eigenvalue weighted by Gasteiger charge is 2.09. The summed E-state index contributed by atoms with van der Waals surface area (Å²) in [4.78, 5) is 4.43. The van der Waals surface area contributed by atoms with E-state index in [1.165, 1.54) is 27.4 Å². The lowest BCUT2D eigenvalue weighted by molar-refractivity contribution is 0.860. The quantitative estimate of drug-likeness (QED) is 0.569. The van der Waals surface area contributed by atoms with Gasteiger partial charge in [0.1, 0.15) is 12.4 Å². The zero-order chi connectivity index (χ0) is 20.2. The average molecular weight is 383 g/mol. The molecule has 0 bridgehead atoms. The molecule has 146 valence electrons. The number of nitrogens with one attached hydrogen (secondary N) is 1. The maximum atomic E-state index is 8.62. The molecule has 1 aliphatic rings. The normalized spacial score (nSPS) is 12.9. The van der Waals surface area contributed by atoms with Gasteiger partial charge in [-0.15, -0.1) is 0 Å². The van der Waals surface area contributed by atoms with Crippen LogP contribution in [0.4, 0.5) is 0 Å². The van der Waals surface area contributed by atoms with E-state index >= 15 is 0 Å². The van der Waals surface area contributed by atoms with Gasteiger partial charge in [0.2, 0.25) is 0 Å². The Morgan fingerprint density at radius 1 is 0.931 bits per heavy atom. The van der Waals surface area contributed by atoms with Crippen molar-refractivity contribution in [2.45, 2.75) is 26.9 Å². The first kappa shape index (κ1) is 18.8. The summed E-state index contributed by atoms with van der Waals surface area (Å²) < 4.78 is 4.24. The first-order valence-corrected chi connectivity index (χ1v) is 9.90. The first-order chi connectivity index (χ1) is 14.2. The van der Waals surface area contributed by atoms with E-state index in [9.17, 15) is 0 Å². The van der Waals surface area contributed by atoms with Gasteiger partial charge in [-0.3, -0.25) is 4.99 Å². The molecular formula is C24H25N5. The van der Waals surface area contributed by atoms with E-state index < -0.39 is 0 Å². The Kier molecular flexibility index (Phi) is 5.35. The molecule has 0 atom stereocenters. The summed E-state index contributed by atoms with van der Waals surface area (Å²) >= 11 is 0. The van der Waals surface area contributed by atoms with Crippen molar-refractivity contribution in [3.05, 3.63) is 72.1 Å². The lowest BCUT2D eigenvalue weighted by atomic mass is 10.2. The fourth-order valence-corrected chi connectivity index (χ4v) is 3.91. The van der Waals surface area contributed by atoms with Crippen LogP contribution in [0.3, 0.4) is 0 Å². The second kappa shape index (κ2) is 8.24. The molecule has 0 amide bonds. The van der Waals surface area contributed by atoms with E-state index in [1.807, 2.05) is 29.0 Å². The van der Waals surface area contributed by atoms with E-state index in [1.54, 1.807) is 0 Å². The van der Waals surface area contributed by atoms with Crippen molar-refractivity contribution in [2.24, 2.45) is 4.99 Å². The minimum absolute atomic E-state index is 0.425. The van der Waals surface area contributed by atoms with Gasteiger partial charge in [-0.1, -0.05) is 36.4 Å². The molecule has 0 aliphatic carbocycles. The molecule has 5 nitrogen and oxygen atoms in total. The van der Waals surface area contributed by atoms with Crippen LogP contribution >= 0.6 is 0 Å². The van der Waals surface area contributed by atoms with Gasteiger partial charge in [-0.05, 0) is 37.1 Å². The summed E-state index contributed by atoms with van der Waals surface area (Å²) in [6.07, 6.45) is 4.22. The van der Waals surface area contributed by atoms with Crippen molar-refractivity contribution in [1.82, 2.24) is 14.5 Å². The molecule has 0 saturated heterocycles. The van der Waals surface area contributed by atoms with Crippen LogP contribution in [-0.2, 0) is 13.1 Å². The van der Waals surface area contributed by atoms with Crippen LogP contribution in [0, 0.1) is 25.2 Å². The van der Waals surface area contributed by atoms with Gasteiger partial charge in [0, 0.05) is 40.7 Å². The number of amidine groups is 1. The van der Waals surface area contributed by atoms with Gasteiger partial charge < -0.3 is 14.5 Å². The Hall–Kier alpha value is -3.52. The van der Waals surface area contributed by atoms with Gasteiger partial charge >= 0.3 is 0 Å². The average Bonchev–Trinajstić information content (AvgIpc) is 3.44. The molecule has 4 aromatic rings. The molecule has 1 N–H and O–H groups in total. The molecule has 0 fully saturated rings. The van der Waals surface area contributed by atoms with Crippen LogP contribution in [0.25, 0.3) is 21.8 Å². The Balaban J connectivity index is 0.000000145. The number of hydrogen-bond donors (Lipinski definition) is 1. The fraction of sp³-hybridized carbons (Fsp3) is 0.250. The zero-order valence-corrected chi connectivity index (χ0v) is 16.9. The molecule has 5 rings (SSSR count). The van der Waals surface area contributed by atoms with Crippen LogP contribution in [0.15, 0.2) is 65.9 Å². The molecule has 0 saturated carbocycles. The van der Waals surface area contributed by atoms with Crippen LogP contribution in [0.2, 0.25) is 0 Å². The molecule has 1 aliphatic heterocycles. The minimum Gasteiger partial charge on any atom is -0.370 e. The van der Waals surface area contributed by atoms with Crippen LogP contribution in [-0.4, -0.2) is 28.1 Å². The van der Waals surface area contributed by atoms with Crippen molar-refractivity contribution in [3.8, 4) is 6.07 Å². The molecule has 0 unspecified atom stereocenters. The van der Waals surface area contributed by atoms with Gasteiger partial charge in [0.25, 0.3) is 0 Å². The number of benzene rings is 2. The van der Waals surface area contributed by atoms with E-state index in [0.717, 1.165) is 31.0 Å². The smallest absolute Gasteiger partial charge is 0.117 e. The Morgan fingerprint density at radius 2 is 1.52 bits per heavy atom. The summed E-state index contributed by atoms with van der Waals surface area (Å²) in [7, 11) is 0. The highest BCUT2D eigenvalue weighted by atomic mass is 15.1. The molecule has 29 heavy (non-hydrogen) atoms. The number of nitrogens with zero attached hydrogens (tertiary/aromatic N) is 4. The number of para-hydroxylation sites is 2. The Morgan fingerprint density at radius 3 is 2.10 bits per heavy atom. The second-order valence-electron chi connectivity index (χ2n) is 7.33. The second-order valence-corrected chi connectivity index (χ2v) is 7.33. The predicted molar refractivity (Wildman–Crippen MR) is 119 cm³/mol. The first-order valence-electron chi connectivity index (χ1n) is 9.90. The van der Waals surface area contributed by atoms with Crippen LogP contribution in [0.1, 0.15) is 11.1 Å². The molecule has 2 aromatic carbocycles. The van der Waals surface area contributed by atoms with E-state index in [0.29, 0.717) is 6.54 Å². The Bertz CT molecular complexity index is 1220. The van der Waals surface area contributed by atoms with Crippen molar-refractivity contribution in [2.75, 3.05) is 13.1 Å². The third-order valence-corrected chi connectivity index (χ3v) is 5.28. The molecular weight excluding hydrogens is 358 g/mol. The highest BCUT2D eigenvalue weighted by Crippen LogP contribution is 2.21. The highest BCUT2D eigenvalue weighted by molar-refractivity contribution is 5.88. The number of aryl methyl sites for hydroxylation is 2. The minimum atomic E-state index is 0.425. The maximum Gasteiger partial charge on any atom is 0.117 e. The molecule has 0 spiro atoms.